The van der Waals surface area contributed by atoms with E-state index in [0.29, 0.717) is 11.5 Å². The molecule has 2 aromatic carbocycles. The van der Waals surface area contributed by atoms with Gasteiger partial charge >= 0.3 is 0 Å². The third-order valence-corrected chi connectivity index (χ3v) is 3.42. The summed E-state index contributed by atoms with van der Waals surface area (Å²) in [4.78, 5) is 0. The molecule has 0 aliphatic heterocycles. The standard InChI is InChI=1S/C14H12BrN5O/c1-21-13-4-2-12(3-5-13)20-14(17-18-19-20)9-6-10(15)8-11(16)7-9/h2-8H,16H2,1H3. The Morgan fingerprint density at radius 3 is 2.57 bits per heavy atom. The van der Waals surface area contributed by atoms with Gasteiger partial charge in [0.05, 0.1) is 12.8 Å². The van der Waals surface area contributed by atoms with Crippen molar-refractivity contribution >= 4 is 21.6 Å². The molecule has 3 aromatic rings. The Balaban J connectivity index is 2.07. The molecular formula is C14H12BrN5O. The van der Waals surface area contributed by atoms with Crippen LogP contribution in [0.4, 0.5) is 5.69 Å². The van der Waals surface area contributed by atoms with Crippen LogP contribution in [0.1, 0.15) is 0 Å². The molecule has 0 unspecified atom stereocenters. The molecule has 106 valence electrons. The average Bonchev–Trinajstić information content (AvgIpc) is 2.96. The molecule has 0 aliphatic carbocycles. The van der Waals surface area contributed by atoms with Gasteiger partial charge in [0.15, 0.2) is 5.82 Å². The fourth-order valence-electron chi connectivity index (χ4n) is 2.01. The minimum absolute atomic E-state index is 0.619. The summed E-state index contributed by atoms with van der Waals surface area (Å²) < 4.78 is 7.68. The summed E-state index contributed by atoms with van der Waals surface area (Å²) in [6.45, 7) is 0. The molecule has 0 aliphatic rings. The number of tetrazole rings is 1. The largest absolute Gasteiger partial charge is 0.497 e. The normalized spacial score (nSPS) is 10.6. The van der Waals surface area contributed by atoms with E-state index in [9.17, 15) is 0 Å². The van der Waals surface area contributed by atoms with E-state index in [-0.39, 0.29) is 0 Å². The van der Waals surface area contributed by atoms with Gasteiger partial charge in [0.25, 0.3) is 0 Å². The molecule has 3 rings (SSSR count). The van der Waals surface area contributed by atoms with Crippen molar-refractivity contribution in [3.63, 3.8) is 0 Å². The molecule has 7 heteroatoms. The van der Waals surface area contributed by atoms with Gasteiger partial charge in [0.1, 0.15) is 5.75 Å². The summed E-state index contributed by atoms with van der Waals surface area (Å²) in [6, 6.07) is 13.1. The van der Waals surface area contributed by atoms with Crippen molar-refractivity contribution in [2.24, 2.45) is 0 Å². The molecule has 0 saturated heterocycles. The molecule has 21 heavy (non-hydrogen) atoms. The van der Waals surface area contributed by atoms with Crippen molar-refractivity contribution in [1.82, 2.24) is 20.2 Å². The summed E-state index contributed by atoms with van der Waals surface area (Å²) in [5.41, 5.74) is 8.19. The van der Waals surface area contributed by atoms with E-state index in [0.717, 1.165) is 21.5 Å². The summed E-state index contributed by atoms with van der Waals surface area (Å²) in [5, 5.41) is 11.9. The smallest absolute Gasteiger partial charge is 0.187 e. The first-order valence-corrected chi connectivity index (χ1v) is 6.96. The van der Waals surface area contributed by atoms with Gasteiger partial charge in [-0.15, -0.1) is 5.10 Å². The Bertz CT molecular complexity index is 749. The third-order valence-electron chi connectivity index (χ3n) is 2.96. The van der Waals surface area contributed by atoms with Crippen LogP contribution in [-0.2, 0) is 0 Å². The fraction of sp³-hybridized carbons (Fsp3) is 0.0714. The maximum absolute atomic E-state index is 5.87. The molecule has 1 aromatic heterocycles. The van der Waals surface area contributed by atoms with Gasteiger partial charge in [-0.2, -0.15) is 4.68 Å². The molecule has 0 saturated carbocycles. The average molecular weight is 346 g/mol. The molecule has 0 amide bonds. The van der Waals surface area contributed by atoms with Crippen molar-refractivity contribution in [1.29, 1.82) is 0 Å². The Hall–Kier alpha value is -2.41. The minimum atomic E-state index is 0.619. The van der Waals surface area contributed by atoms with Crippen LogP contribution in [0, 0.1) is 0 Å². The summed E-state index contributed by atoms with van der Waals surface area (Å²) in [5.74, 6) is 1.40. The summed E-state index contributed by atoms with van der Waals surface area (Å²) in [6.07, 6.45) is 0. The summed E-state index contributed by atoms with van der Waals surface area (Å²) >= 11 is 3.42. The van der Waals surface area contributed by atoms with Crippen molar-refractivity contribution in [3.05, 3.63) is 46.9 Å². The van der Waals surface area contributed by atoms with Crippen molar-refractivity contribution in [3.8, 4) is 22.8 Å². The predicted octanol–water partition coefficient (Wildman–Crippen LogP) is 2.68. The van der Waals surface area contributed by atoms with Gasteiger partial charge < -0.3 is 10.5 Å². The third kappa shape index (κ3) is 2.73. The molecule has 0 radical (unpaired) electrons. The second-order valence-corrected chi connectivity index (χ2v) is 5.30. The van der Waals surface area contributed by atoms with Gasteiger partial charge in [-0.1, -0.05) is 15.9 Å². The molecule has 0 spiro atoms. The van der Waals surface area contributed by atoms with Crippen LogP contribution < -0.4 is 10.5 Å². The number of benzene rings is 2. The predicted molar refractivity (Wildman–Crippen MR) is 83.3 cm³/mol. The van der Waals surface area contributed by atoms with Crippen LogP contribution in [0.2, 0.25) is 0 Å². The zero-order valence-corrected chi connectivity index (χ0v) is 12.8. The van der Waals surface area contributed by atoms with E-state index in [4.69, 9.17) is 10.5 Å². The first kappa shape index (κ1) is 13.6. The molecule has 6 nitrogen and oxygen atoms in total. The Labute approximate surface area is 129 Å². The topological polar surface area (TPSA) is 78.8 Å². The van der Waals surface area contributed by atoms with E-state index in [1.54, 1.807) is 11.8 Å². The second kappa shape index (κ2) is 5.53. The quantitative estimate of drug-likeness (QED) is 0.738. The number of rotatable bonds is 3. The number of nitrogen functional groups attached to an aromatic ring is 1. The minimum Gasteiger partial charge on any atom is -0.497 e. The number of halogens is 1. The molecule has 0 atom stereocenters. The number of ether oxygens (including phenoxy) is 1. The van der Waals surface area contributed by atoms with Crippen LogP contribution in [-0.4, -0.2) is 27.3 Å². The van der Waals surface area contributed by atoms with Gasteiger partial charge in [0, 0.05) is 15.7 Å². The maximum atomic E-state index is 5.87. The first-order chi connectivity index (χ1) is 10.2. The van der Waals surface area contributed by atoms with E-state index >= 15 is 0 Å². The van der Waals surface area contributed by atoms with Crippen LogP contribution in [0.15, 0.2) is 46.9 Å². The highest BCUT2D eigenvalue weighted by molar-refractivity contribution is 9.10. The van der Waals surface area contributed by atoms with Crippen LogP contribution in [0.25, 0.3) is 17.1 Å². The number of hydrogen-bond donors (Lipinski definition) is 1. The highest BCUT2D eigenvalue weighted by atomic mass is 79.9. The first-order valence-electron chi connectivity index (χ1n) is 6.16. The van der Waals surface area contributed by atoms with Crippen molar-refractivity contribution < 1.29 is 4.74 Å². The van der Waals surface area contributed by atoms with Gasteiger partial charge in [-0.3, -0.25) is 0 Å². The number of hydrogen-bond acceptors (Lipinski definition) is 5. The van der Waals surface area contributed by atoms with Gasteiger partial charge in [0.2, 0.25) is 0 Å². The van der Waals surface area contributed by atoms with E-state index in [1.165, 1.54) is 0 Å². The number of aromatic nitrogens is 4. The van der Waals surface area contributed by atoms with Gasteiger partial charge in [-0.25, -0.2) is 0 Å². The lowest BCUT2D eigenvalue weighted by Crippen LogP contribution is -2.00. The van der Waals surface area contributed by atoms with Crippen LogP contribution in [0.3, 0.4) is 0 Å². The SMILES string of the molecule is COc1ccc(-n2nnnc2-c2cc(N)cc(Br)c2)cc1. The fourth-order valence-corrected chi connectivity index (χ4v) is 2.52. The van der Waals surface area contributed by atoms with Crippen LogP contribution >= 0.6 is 15.9 Å². The monoisotopic (exact) mass is 345 g/mol. The molecular weight excluding hydrogens is 334 g/mol. The van der Waals surface area contributed by atoms with Gasteiger partial charge in [-0.05, 0) is 52.9 Å². The number of anilines is 1. The zero-order valence-electron chi connectivity index (χ0n) is 11.2. The van der Waals surface area contributed by atoms with Crippen LogP contribution in [0.5, 0.6) is 5.75 Å². The lowest BCUT2D eigenvalue weighted by Gasteiger charge is -2.07. The zero-order chi connectivity index (χ0) is 14.8. The highest BCUT2D eigenvalue weighted by Gasteiger charge is 2.12. The number of nitrogens with two attached hydrogens (primary N) is 1. The molecule has 0 bridgehead atoms. The van der Waals surface area contributed by atoms with Crippen molar-refractivity contribution in [2.75, 3.05) is 12.8 Å². The van der Waals surface area contributed by atoms with Crippen molar-refractivity contribution in [2.45, 2.75) is 0 Å². The van der Waals surface area contributed by atoms with E-state index < -0.39 is 0 Å². The molecule has 2 N–H and O–H groups in total. The molecule has 0 fully saturated rings. The Morgan fingerprint density at radius 2 is 1.90 bits per heavy atom. The van der Waals surface area contributed by atoms with E-state index in [2.05, 4.69) is 31.5 Å². The maximum Gasteiger partial charge on any atom is 0.187 e. The lowest BCUT2D eigenvalue weighted by molar-refractivity contribution is 0.414. The van der Waals surface area contributed by atoms with E-state index in [1.807, 2.05) is 42.5 Å². The Morgan fingerprint density at radius 1 is 1.14 bits per heavy atom. The number of nitrogens with zero attached hydrogens (tertiary/aromatic N) is 4. The highest BCUT2D eigenvalue weighted by Crippen LogP contribution is 2.26. The second-order valence-electron chi connectivity index (χ2n) is 4.39. The Kier molecular flexibility index (Phi) is 3.57. The lowest BCUT2D eigenvalue weighted by atomic mass is 10.2. The summed E-state index contributed by atoms with van der Waals surface area (Å²) in [7, 11) is 1.63. The number of methoxy groups -OCH3 is 1. The molecule has 1 heterocycles.